The van der Waals surface area contributed by atoms with Gasteiger partial charge in [-0.25, -0.2) is 0 Å². The maximum absolute atomic E-state index is 12.4. The van der Waals surface area contributed by atoms with Crippen LogP contribution in [0.1, 0.15) is 15.9 Å². The zero-order chi connectivity index (χ0) is 23.2. The number of hydrogen-bond donors (Lipinski definition) is 2. The predicted molar refractivity (Wildman–Crippen MR) is 129 cm³/mol. The molecule has 0 spiro atoms. The molecular formula is C23H21N5O3S2. The lowest BCUT2D eigenvalue weighted by molar-refractivity contribution is -0.119. The van der Waals surface area contributed by atoms with Gasteiger partial charge in [-0.2, -0.15) is 0 Å². The summed E-state index contributed by atoms with van der Waals surface area (Å²) in [4.78, 5) is 25.5. The summed E-state index contributed by atoms with van der Waals surface area (Å²) in [5.41, 5.74) is 7.16. The number of amides is 2. The lowest BCUT2D eigenvalue weighted by Crippen LogP contribution is -2.42. The van der Waals surface area contributed by atoms with Gasteiger partial charge in [0.25, 0.3) is 5.91 Å². The van der Waals surface area contributed by atoms with Crippen molar-refractivity contribution in [2.24, 2.45) is 0 Å². The lowest BCUT2D eigenvalue weighted by atomic mass is 10.1. The average Bonchev–Trinajstić information content (AvgIpc) is 3.51. The topological polar surface area (TPSA) is 98.1 Å². The number of thiophene rings is 1. The number of hydrogen-bond acceptors (Lipinski definition) is 7. The molecule has 0 saturated carbocycles. The minimum Gasteiger partial charge on any atom is -0.495 e. The van der Waals surface area contributed by atoms with Gasteiger partial charge in [-0.3, -0.25) is 25.0 Å². The van der Waals surface area contributed by atoms with Crippen LogP contribution in [0.25, 0.3) is 16.4 Å². The first-order valence-electron chi connectivity index (χ1n) is 9.98. The first kappa shape index (κ1) is 22.6. The number of para-hydroxylation sites is 2. The molecule has 0 fully saturated rings. The number of carbonyl (C=O) groups excluding carboxylic acids is 2. The van der Waals surface area contributed by atoms with E-state index in [9.17, 15) is 9.59 Å². The molecule has 0 aliphatic rings. The van der Waals surface area contributed by atoms with Crippen LogP contribution in [-0.2, 0) is 4.79 Å². The zero-order valence-electron chi connectivity index (χ0n) is 17.9. The number of nitrogens with zero attached hydrogens (tertiary/aromatic N) is 3. The largest absolute Gasteiger partial charge is 0.495 e. The summed E-state index contributed by atoms with van der Waals surface area (Å²) in [6.07, 6.45) is 0. The smallest absolute Gasteiger partial charge is 0.269 e. The second kappa shape index (κ2) is 10.3. The van der Waals surface area contributed by atoms with E-state index in [2.05, 4.69) is 21.0 Å². The molecule has 0 radical (unpaired) electrons. The van der Waals surface area contributed by atoms with Crippen LogP contribution in [0.5, 0.6) is 5.75 Å². The van der Waals surface area contributed by atoms with Crippen molar-refractivity contribution in [2.75, 3.05) is 12.9 Å². The van der Waals surface area contributed by atoms with Crippen molar-refractivity contribution in [1.29, 1.82) is 0 Å². The number of aryl methyl sites for hydroxylation is 1. The second-order valence-corrected chi connectivity index (χ2v) is 8.84. The minimum absolute atomic E-state index is 0.0336. The Balaban J connectivity index is 1.48. The highest BCUT2D eigenvalue weighted by Crippen LogP contribution is 2.33. The number of nitrogens with one attached hydrogen (secondary N) is 2. The maximum Gasteiger partial charge on any atom is 0.269 e. The predicted octanol–water partition coefficient (Wildman–Crippen LogP) is 3.87. The van der Waals surface area contributed by atoms with E-state index < -0.39 is 0 Å². The highest BCUT2D eigenvalue weighted by molar-refractivity contribution is 7.99. The molecule has 4 aromatic rings. The van der Waals surface area contributed by atoms with Crippen LogP contribution in [0, 0.1) is 6.92 Å². The number of ether oxygens (including phenoxy) is 1. The molecule has 168 valence electrons. The standard InChI is InChI=1S/C23H21N5O3S2/c1-15-9-11-16(12-10-15)22(30)26-24-20(29)14-33-23-27-25-21(19-8-5-13-32-19)28(23)17-6-3-4-7-18(17)31-2/h3-13H,14H2,1-2H3,(H,24,29)(H,26,30). The number of methoxy groups -OCH3 is 1. The van der Waals surface area contributed by atoms with Crippen LogP contribution in [0.2, 0.25) is 0 Å². The van der Waals surface area contributed by atoms with Crippen LogP contribution in [0.15, 0.2) is 71.2 Å². The van der Waals surface area contributed by atoms with Crippen molar-refractivity contribution in [1.82, 2.24) is 25.6 Å². The van der Waals surface area contributed by atoms with Gasteiger partial charge in [-0.15, -0.1) is 21.5 Å². The van der Waals surface area contributed by atoms with Gasteiger partial charge in [0.1, 0.15) is 5.75 Å². The molecule has 8 nitrogen and oxygen atoms in total. The molecule has 4 rings (SSSR count). The van der Waals surface area contributed by atoms with E-state index in [0.29, 0.717) is 22.3 Å². The Morgan fingerprint density at radius 1 is 1.03 bits per heavy atom. The molecule has 10 heteroatoms. The van der Waals surface area contributed by atoms with Crippen molar-refractivity contribution in [3.63, 3.8) is 0 Å². The molecular weight excluding hydrogens is 458 g/mol. The third-order valence-electron chi connectivity index (χ3n) is 4.66. The van der Waals surface area contributed by atoms with Crippen LogP contribution < -0.4 is 15.6 Å². The van der Waals surface area contributed by atoms with E-state index in [1.807, 2.05) is 65.4 Å². The van der Waals surface area contributed by atoms with E-state index in [4.69, 9.17) is 4.74 Å². The average molecular weight is 480 g/mol. The van der Waals surface area contributed by atoms with Crippen LogP contribution in [0.4, 0.5) is 0 Å². The third-order valence-corrected chi connectivity index (χ3v) is 6.46. The Hall–Kier alpha value is -3.63. The summed E-state index contributed by atoms with van der Waals surface area (Å²) in [6.45, 7) is 1.94. The molecule has 0 aliphatic heterocycles. The van der Waals surface area contributed by atoms with E-state index in [-0.39, 0.29) is 17.6 Å². The number of rotatable bonds is 7. The first-order chi connectivity index (χ1) is 16.1. The molecule has 2 N–H and O–H groups in total. The molecule has 0 saturated heterocycles. The Morgan fingerprint density at radius 3 is 2.55 bits per heavy atom. The summed E-state index contributed by atoms with van der Waals surface area (Å²) < 4.78 is 7.40. The van der Waals surface area contributed by atoms with Gasteiger partial charge in [0, 0.05) is 5.56 Å². The SMILES string of the molecule is COc1ccccc1-n1c(SCC(=O)NNC(=O)c2ccc(C)cc2)nnc1-c1cccs1. The Morgan fingerprint density at radius 2 is 1.82 bits per heavy atom. The van der Waals surface area contributed by atoms with Gasteiger partial charge in [0.15, 0.2) is 11.0 Å². The minimum atomic E-state index is -0.384. The highest BCUT2D eigenvalue weighted by atomic mass is 32.2. The molecule has 33 heavy (non-hydrogen) atoms. The van der Waals surface area contributed by atoms with E-state index in [1.165, 1.54) is 11.8 Å². The Kier molecular flexibility index (Phi) is 7.06. The molecule has 0 bridgehead atoms. The molecule has 0 aliphatic carbocycles. The third kappa shape index (κ3) is 5.24. The second-order valence-electron chi connectivity index (χ2n) is 6.95. The molecule has 0 unspecified atom stereocenters. The fraction of sp³-hybridized carbons (Fsp3) is 0.130. The molecule has 2 amide bonds. The number of aromatic nitrogens is 3. The Labute approximate surface area is 199 Å². The zero-order valence-corrected chi connectivity index (χ0v) is 19.6. The van der Waals surface area contributed by atoms with Gasteiger partial charge in [0.2, 0.25) is 5.91 Å². The monoisotopic (exact) mass is 479 g/mol. The number of carbonyl (C=O) groups is 2. The fourth-order valence-corrected chi connectivity index (χ4v) is 4.47. The van der Waals surface area contributed by atoms with Gasteiger partial charge in [-0.05, 0) is 42.6 Å². The van der Waals surface area contributed by atoms with Gasteiger partial charge < -0.3 is 4.74 Å². The normalized spacial score (nSPS) is 10.6. The quantitative estimate of drug-likeness (QED) is 0.309. The van der Waals surface area contributed by atoms with Crippen molar-refractivity contribution < 1.29 is 14.3 Å². The van der Waals surface area contributed by atoms with E-state index >= 15 is 0 Å². The molecule has 2 heterocycles. The van der Waals surface area contributed by atoms with Crippen molar-refractivity contribution in [3.8, 4) is 22.1 Å². The van der Waals surface area contributed by atoms with Crippen LogP contribution in [0.3, 0.4) is 0 Å². The summed E-state index contributed by atoms with van der Waals surface area (Å²) in [6, 6.07) is 18.5. The van der Waals surface area contributed by atoms with Crippen molar-refractivity contribution >= 4 is 34.9 Å². The molecule has 0 atom stereocenters. The van der Waals surface area contributed by atoms with Gasteiger partial charge >= 0.3 is 0 Å². The molecule has 2 aromatic heterocycles. The first-order valence-corrected chi connectivity index (χ1v) is 11.8. The molecule has 2 aromatic carbocycles. The summed E-state index contributed by atoms with van der Waals surface area (Å²) >= 11 is 2.76. The summed E-state index contributed by atoms with van der Waals surface area (Å²) in [5, 5.41) is 11.2. The van der Waals surface area contributed by atoms with Gasteiger partial charge in [-0.1, -0.05) is 47.7 Å². The van der Waals surface area contributed by atoms with Crippen LogP contribution in [-0.4, -0.2) is 39.4 Å². The summed E-state index contributed by atoms with van der Waals surface area (Å²) in [5.74, 6) is 0.599. The van der Waals surface area contributed by atoms with E-state index in [1.54, 1.807) is 30.6 Å². The fourth-order valence-electron chi connectivity index (χ4n) is 3.03. The maximum atomic E-state index is 12.4. The number of hydrazine groups is 1. The highest BCUT2D eigenvalue weighted by Gasteiger charge is 2.20. The Bertz CT molecular complexity index is 1250. The number of thioether (sulfide) groups is 1. The summed E-state index contributed by atoms with van der Waals surface area (Å²) in [7, 11) is 1.60. The lowest BCUT2D eigenvalue weighted by Gasteiger charge is -2.13. The van der Waals surface area contributed by atoms with Gasteiger partial charge in [0.05, 0.1) is 23.4 Å². The number of benzene rings is 2. The van der Waals surface area contributed by atoms with Crippen LogP contribution >= 0.6 is 23.1 Å². The van der Waals surface area contributed by atoms with Crippen molar-refractivity contribution in [2.45, 2.75) is 12.1 Å². The van der Waals surface area contributed by atoms with Crippen molar-refractivity contribution in [3.05, 3.63) is 77.2 Å². The van der Waals surface area contributed by atoms with E-state index in [0.717, 1.165) is 16.1 Å².